The maximum absolute atomic E-state index is 12.3. The van der Waals surface area contributed by atoms with E-state index in [0.29, 0.717) is 5.56 Å². The number of hydrazone groups is 1. The normalized spacial score (nSPS) is 13.7. The molecule has 1 aliphatic rings. The predicted octanol–water partition coefficient (Wildman–Crippen LogP) is 4.81. The second kappa shape index (κ2) is 7.39. The Labute approximate surface area is 159 Å². The van der Waals surface area contributed by atoms with E-state index in [1.165, 1.54) is 0 Å². The van der Waals surface area contributed by atoms with E-state index in [-0.39, 0.29) is 12.6 Å². The third-order valence-electron chi connectivity index (χ3n) is 4.05. The van der Waals surface area contributed by atoms with Crippen LogP contribution in [0.2, 0.25) is 0 Å². The molecule has 0 amide bonds. The van der Waals surface area contributed by atoms with E-state index < -0.39 is 0 Å². The van der Waals surface area contributed by atoms with Gasteiger partial charge in [-0.05, 0) is 42.6 Å². The molecular formula is C19H17N3O2S2. The van der Waals surface area contributed by atoms with E-state index in [1.54, 1.807) is 34.8 Å². The number of carbonyl (C=O) groups excluding carboxylic acids is 1. The number of hydrogen-bond donors (Lipinski definition) is 0. The topological polar surface area (TPSA) is 54.8 Å². The lowest BCUT2D eigenvalue weighted by Gasteiger charge is -2.13. The number of esters is 1. The highest BCUT2D eigenvalue weighted by Gasteiger charge is 2.14. The molecule has 0 radical (unpaired) electrons. The van der Waals surface area contributed by atoms with Crippen LogP contribution in [0.3, 0.4) is 0 Å². The van der Waals surface area contributed by atoms with Gasteiger partial charge in [-0.1, -0.05) is 0 Å². The monoisotopic (exact) mass is 383 g/mol. The standard InChI is InChI=1S/C19H17N3O2S2/c1-13-6-8-22(21-13)17-4-2-14(3-5-17)19(23)24-10-16-12-26-18(20-16)15-7-9-25-11-15/h2-5,7,9,11-12H,6,8,10H2,1H3. The summed E-state index contributed by atoms with van der Waals surface area (Å²) in [6.07, 6.45) is 0.977. The molecule has 2 aromatic heterocycles. The first-order valence-electron chi connectivity index (χ1n) is 8.25. The molecule has 0 atom stereocenters. The molecule has 3 aromatic rings. The van der Waals surface area contributed by atoms with Gasteiger partial charge in [0.1, 0.15) is 11.6 Å². The van der Waals surface area contributed by atoms with E-state index >= 15 is 0 Å². The first-order chi connectivity index (χ1) is 12.7. The third-order valence-corrected chi connectivity index (χ3v) is 5.67. The van der Waals surface area contributed by atoms with Crippen LogP contribution in [-0.2, 0) is 11.3 Å². The van der Waals surface area contributed by atoms with Crippen molar-refractivity contribution in [1.29, 1.82) is 0 Å². The van der Waals surface area contributed by atoms with E-state index in [2.05, 4.69) is 15.5 Å². The van der Waals surface area contributed by atoms with Crippen molar-refractivity contribution in [1.82, 2.24) is 4.98 Å². The molecule has 7 heteroatoms. The zero-order chi connectivity index (χ0) is 17.9. The quantitative estimate of drug-likeness (QED) is 0.593. The zero-order valence-corrected chi connectivity index (χ0v) is 15.8. The lowest BCUT2D eigenvalue weighted by atomic mass is 10.2. The number of carbonyl (C=O) groups is 1. The van der Waals surface area contributed by atoms with Crippen molar-refractivity contribution in [3.63, 3.8) is 0 Å². The second-order valence-corrected chi connectivity index (χ2v) is 7.63. The van der Waals surface area contributed by atoms with Gasteiger partial charge >= 0.3 is 5.97 Å². The molecule has 3 heterocycles. The molecule has 0 unspecified atom stereocenters. The van der Waals surface area contributed by atoms with E-state index in [0.717, 1.165) is 40.6 Å². The van der Waals surface area contributed by atoms with Gasteiger partial charge < -0.3 is 4.74 Å². The molecule has 0 saturated heterocycles. The fourth-order valence-corrected chi connectivity index (χ4v) is 4.16. The van der Waals surface area contributed by atoms with Gasteiger partial charge in [-0.3, -0.25) is 5.01 Å². The number of nitrogens with zero attached hydrogens (tertiary/aromatic N) is 3. The van der Waals surface area contributed by atoms with Gasteiger partial charge in [0.2, 0.25) is 0 Å². The summed E-state index contributed by atoms with van der Waals surface area (Å²) in [5, 5.41) is 13.4. The van der Waals surface area contributed by atoms with E-state index in [9.17, 15) is 4.79 Å². The Kier molecular flexibility index (Phi) is 4.81. The molecule has 0 fully saturated rings. The Bertz CT molecular complexity index is 930. The van der Waals surface area contributed by atoms with Crippen LogP contribution < -0.4 is 5.01 Å². The number of rotatable bonds is 5. The molecule has 0 saturated carbocycles. The van der Waals surface area contributed by atoms with Crippen molar-refractivity contribution in [2.24, 2.45) is 5.10 Å². The minimum Gasteiger partial charge on any atom is -0.456 e. The summed E-state index contributed by atoms with van der Waals surface area (Å²) in [4.78, 5) is 16.8. The van der Waals surface area contributed by atoms with Crippen molar-refractivity contribution >= 4 is 40.0 Å². The molecule has 5 nitrogen and oxygen atoms in total. The van der Waals surface area contributed by atoms with Crippen LogP contribution in [0.15, 0.2) is 51.6 Å². The fraction of sp³-hybridized carbons (Fsp3) is 0.211. The van der Waals surface area contributed by atoms with Crippen LogP contribution in [0.1, 0.15) is 29.4 Å². The summed E-state index contributed by atoms with van der Waals surface area (Å²) in [6, 6.07) is 9.39. The molecule has 1 aliphatic heterocycles. The van der Waals surface area contributed by atoms with Gasteiger partial charge in [0.25, 0.3) is 0 Å². The molecule has 0 bridgehead atoms. The Balaban J connectivity index is 1.36. The highest BCUT2D eigenvalue weighted by Crippen LogP contribution is 2.26. The van der Waals surface area contributed by atoms with Crippen molar-refractivity contribution in [3.05, 3.63) is 57.7 Å². The van der Waals surface area contributed by atoms with E-state index in [4.69, 9.17) is 4.74 Å². The van der Waals surface area contributed by atoms with Gasteiger partial charge in [-0.15, -0.1) is 11.3 Å². The largest absolute Gasteiger partial charge is 0.456 e. The predicted molar refractivity (Wildman–Crippen MR) is 106 cm³/mol. The molecular weight excluding hydrogens is 366 g/mol. The first-order valence-corrected chi connectivity index (χ1v) is 10.1. The Morgan fingerprint density at radius 3 is 2.77 bits per heavy atom. The summed E-state index contributed by atoms with van der Waals surface area (Å²) < 4.78 is 5.39. The van der Waals surface area contributed by atoms with Gasteiger partial charge in [0.05, 0.1) is 16.9 Å². The lowest BCUT2D eigenvalue weighted by Crippen LogP contribution is -2.12. The lowest BCUT2D eigenvalue weighted by molar-refractivity contribution is 0.0468. The van der Waals surface area contributed by atoms with Crippen LogP contribution in [-0.4, -0.2) is 23.2 Å². The third kappa shape index (κ3) is 3.68. The van der Waals surface area contributed by atoms with E-state index in [1.807, 2.05) is 40.9 Å². The highest BCUT2D eigenvalue weighted by atomic mass is 32.1. The number of thiazole rings is 1. The Morgan fingerprint density at radius 1 is 1.23 bits per heavy atom. The van der Waals surface area contributed by atoms with Crippen LogP contribution >= 0.6 is 22.7 Å². The van der Waals surface area contributed by atoms with Crippen molar-refractivity contribution in [2.45, 2.75) is 20.0 Å². The summed E-state index contributed by atoms with van der Waals surface area (Å²) >= 11 is 3.20. The average Bonchev–Trinajstić information content (AvgIpc) is 3.41. The van der Waals surface area contributed by atoms with Crippen LogP contribution in [0.4, 0.5) is 5.69 Å². The van der Waals surface area contributed by atoms with Crippen LogP contribution in [0.25, 0.3) is 10.6 Å². The molecule has 132 valence electrons. The summed E-state index contributed by atoms with van der Waals surface area (Å²) in [7, 11) is 0. The zero-order valence-electron chi connectivity index (χ0n) is 14.2. The number of benzene rings is 1. The Hall–Kier alpha value is -2.51. The van der Waals surface area contributed by atoms with Crippen molar-refractivity contribution in [3.8, 4) is 10.6 Å². The Morgan fingerprint density at radius 2 is 2.08 bits per heavy atom. The van der Waals surface area contributed by atoms with Crippen LogP contribution in [0.5, 0.6) is 0 Å². The molecule has 26 heavy (non-hydrogen) atoms. The smallest absolute Gasteiger partial charge is 0.338 e. The maximum Gasteiger partial charge on any atom is 0.338 e. The van der Waals surface area contributed by atoms with Gasteiger partial charge in [-0.25, -0.2) is 9.78 Å². The minimum absolute atomic E-state index is 0.177. The van der Waals surface area contributed by atoms with Crippen molar-refractivity contribution in [2.75, 3.05) is 11.6 Å². The molecule has 0 aliphatic carbocycles. The van der Waals surface area contributed by atoms with Gasteiger partial charge in [-0.2, -0.15) is 16.4 Å². The van der Waals surface area contributed by atoms with Gasteiger partial charge in [0.15, 0.2) is 0 Å². The number of hydrogen-bond acceptors (Lipinski definition) is 7. The summed E-state index contributed by atoms with van der Waals surface area (Å²) in [6.45, 7) is 3.08. The van der Waals surface area contributed by atoms with Gasteiger partial charge in [0, 0.05) is 35.0 Å². The molecule has 4 rings (SSSR count). The average molecular weight is 383 g/mol. The second-order valence-electron chi connectivity index (χ2n) is 5.99. The maximum atomic E-state index is 12.3. The first kappa shape index (κ1) is 16.9. The number of aromatic nitrogens is 1. The number of thiophene rings is 1. The minimum atomic E-state index is -0.345. The fourth-order valence-electron chi connectivity index (χ4n) is 2.65. The number of anilines is 1. The highest BCUT2D eigenvalue weighted by molar-refractivity contribution is 7.14. The SMILES string of the molecule is CC1=NN(c2ccc(C(=O)OCc3csc(-c4ccsc4)n3)cc2)CC1. The van der Waals surface area contributed by atoms with Crippen molar-refractivity contribution < 1.29 is 9.53 Å². The summed E-state index contributed by atoms with van der Waals surface area (Å²) in [5.41, 5.74) is 4.51. The molecule has 0 N–H and O–H groups in total. The summed E-state index contributed by atoms with van der Waals surface area (Å²) in [5.74, 6) is -0.345. The molecule has 1 aromatic carbocycles. The number of ether oxygens (including phenoxy) is 1. The molecule has 0 spiro atoms. The van der Waals surface area contributed by atoms with Crippen LogP contribution in [0, 0.1) is 0 Å².